The normalized spacial score (nSPS) is 15.4. The van der Waals surface area contributed by atoms with Gasteiger partial charge in [0.2, 0.25) is 5.79 Å². The van der Waals surface area contributed by atoms with Gasteiger partial charge < -0.3 is 4.74 Å². The maximum atomic E-state index is 13.5. The van der Waals surface area contributed by atoms with Crippen molar-refractivity contribution >= 4 is 11.9 Å². The Balaban J connectivity index is 5.84. The first-order valence-electron chi connectivity index (χ1n) is 8.73. The number of hydrogen-bond donors (Lipinski definition) is 2. The SMILES string of the molecule is CCNC(C(=O)N(C)N(NC)C(C)OC(C)=O)(N(C)C)N(CC)CC. The molecule has 0 spiro atoms. The van der Waals surface area contributed by atoms with Gasteiger partial charge in [0, 0.05) is 21.0 Å². The lowest BCUT2D eigenvalue weighted by Gasteiger charge is -2.49. The van der Waals surface area contributed by atoms with Crippen LogP contribution in [0.1, 0.15) is 34.6 Å². The van der Waals surface area contributed by atoms with Gasteiger partial charge in [-0.25, -0.2) is 5.43 Å². The Morgan fingerprint density at radius 3 is 1.96 bits per heavy atom. The average molecular weight is 361 g/mol. The van der Waals surface area contributed by atoms with Crippen LogP contribution in [0, 0.1) is 0 Å². The van der Waals surface area contributed by atoms with E-state index >= 15 is 0 Å². The molecule has 0 aliphatic heterocycles. The number of rotatable bonds is 11. The number of likely N-dealkylation sites (N-methyl/N-ethyl adjacent to an activating group) is 4. The van der Waals surface area contributed by atoms with Gasteiger partial charge in [-0.15, -0.1) is 5.12 Å². The van der Waals surface area contributed by atoms with Crippen molar-refractivity contribution in [3.63, 3.8) is 0 Å². The topological polar surface area (TPSA) is 80.4 Å². The molecule has 0 radical (unpaired) electrons. The molecule has 0 aromatic rings. The molecule has 0 rings (SSSR count). The molecule has 9 nitrogen and oxygen atoms in total. The summed E-state index contributed by atoms with van der Waals surface area (Å²) in [4.78, 5) is 28.7. The van der Waals surface area contributed by atoms with Gasteiger partial charge in [-0.2, -0.15) is 0 Å². The third-order valence-electron chi connectivity index (χ3n) is 4.12. The van der Waals surface area contributed by atoms with Gasteiger partial charge in [-0.1, -0.05) is 20.8 Å². The first-order chi connectivity index (χ1) is 11.6. The molecule has 0 saturated carbocycles. The summed E-state index contributed by atoms with van der Waals surface area (Å²) in [6.45, 7) is 11.0. The summed E-state index contributed by atoms with van der Waals surface area (Å²) < 4.78 is 5.20. The highest BCUT2D eigenvalue weighted by Gasteiger charge is 2.48. The summed E-state index contributed by atoms with van der Waals surface area (Å²) in [5.74, 6) is -1.61. The second-order valence-electron chi connectivity index (χ2n) is 5.87. The Kier molecular flexibility index (Phi) is 10.1. The monoisotopic (exact) mass is 360 g/mol. The molecule has 0 aromatic heterocycles. The van der Waals surface area contributed by atoms with Crippen molar-refractivity contribution in [3.8, 4) is 0 Å². The smallest absolute Gasteiger partial charge is 0.304 e. The second-order valence-corrected chi connectivity index (χ2v) is 5.87. The van der Waals surface area contributed by atoms with Crippen LogP contribution in [0.3, 0.4) is 0 Å². The van der Waals surface area contributed by atoms with Crippen LogP contribution in [-0.2, 0) is 14.3 Å². The van der Waals surface area contributed by atoms with Gasteiger partial charge in [0.05, 0.1) is 0 Å². The minimum atomic E-state index is -1.02. The molecule has 0 bridgehead atoms. The van der Waals surface area contributed by atoms with Crippen molar-refractivity contribution in [2.75, 3.05) is 47.8 Å². The van der Waals surface area contributed by atoms with Gasteiger partial charge in [0.15, 0.2) is 6.23 Å². The molecule has 9 heteroatoms. The molecule has 0 fully saturated rings. The van der Waals surface area contributed by atoms with E-state index < -0.39 is 18.0 Å². The number of carbonyl (C=O) groups excluding carboxylic acids is 2. The highest BCUT2D eigenvalue weighted by molar-refractivity contribution is 5.85. The minimum absolute atomic E-state index is 0.184. The maximum absolute atomic E-state index is 13.5. The minimum Gasteiger partial charge on any atom is -0.444 e. The highest BCUT2D eigenvalue weighted by Crippen LogP contribution is 2.19. The van der Waals surface area contributed by atoms with Crippen molar-refractivity contribution in [2.45, 2.75) is 46.6 Å². The third kappa shape index (κ3) is 5.35. The van der Waals surface area contributed by atoms with E-state index in [9.17, 15) is 9.59 Å². The van der Waals surface area contributed by atoms with Crippen LogP contribution < -0.4 is 10.7 Å². The lowest BCUT2D eigenvalue weighted by molar-refractivity contribution is -0.210. The van der Waals surface area contributed by atoms with E-state index in [-0.39, 0.29) is 5.91 Å². The first-order valence-corrected chi connectivity index (χ1v) is 8.73. The standard InChI is InChI=1S/C16H36N6O3/c1-10-18-16(19(7)8,21(11-2)12-3)15(24)20(9)22(17-6)13(4)25-14(5)23/h13,17-18H,10-12H2,1-9H3. The molecule has 148 valence electrons. The van der Waals surface area contributed by atoms with E-state index in [0.29, 0.717) is 19.6 Å². The number of nitrogens with zero attached hydrogens (tertiary/aromatic N) is 4. The van der Waals surface area contributed by atoms with Crippen molar-refractivity contribution in [1.82, 2.24) is 30.7 Å². The maximum Gasteiger partial charge on any atom is 0.304 e. The van der Waals surface area contributed by atoms with E-state index in [4.69, 9.17) is 4.74 Å². The largest absolute Gasteiger partial charge is 0.444 e. The highest BCUT2D eigenvalue weighted by atomic mass is 16.6. The molecular formula is C16H36N6O3. The van der Waals surface area contributed by atoms with Crippen molar-refractivity contribution < 1.29 is 14.3 Å². The van der Waals surface area contributed by atoms with Gasteiger partial charge in [0.25, 0.3) is 5.91 Å². The Labute approximate surface area is 152 Å². The zero-order chi connectivity index (χ0) is 19.8. The molecule has 2 N–H and O–H groups in total. The van der Waals surface area contributed by atoms with Crippen molar-refractivity contribution in [3.05, 3.63) is 0 Å². The van der Waals surface area contributed by atoms with E-state index in [0.717, 1.165) is 0 Å². The summed E-state index contributed by atoms with van der Waals surface area (Å²) >= 11 is 0. The Bertz CT molecular complexity index is 430. The first kappa shape index (κ1) is 23.7. The number of hydrogen-bond acceptors (Lipinski definition) is 8. The van der Waals surface area contributed by atoms with Crippen LogP contribution in [0.2, 0.25) is 0 Å². The number of ether oxygens (including phenoxy) is 1. The predicted molar refractivity (Wildman–Crippen MR) is 97.9 cm³/mol. The zero-order valence-corrected chi connectivity index (χ0v) is 17.2. The second kappa shape index (κ2) is 10.7. The average Bonchev–Trinajstić information content (AvgIpc) is 2.53. The zero-order valence-electron chi connectivity index (χ0n) is 17.2. The van der Waals surface area contributed by atoms with Gasteiger partial charge in [-0.3, -0.25) is 29.7 Å². The molecule has 25 heavy (non-hydrogen) atoms. The number of esters is 1. The Morgan fingerprint density at radius 1 is 1.12 bits per heavy atom. The van der Waals surface area contributed by atoms with E-state index in [1.54, 1.807) is 21.0 Å². The van der Waals surface area contributed by atoms with Crippen LogP contribution >= 0.6 is 0 Å². The van der Waals surface area contributed by atoms with Crippen molar-refractivity contribution in [2.24, 2.45) is 0 Å². The molecule has 0 aliphatic rings. The summed E-state index contributed by atoms with van der Waals surface area (Å²) in [6, 6.07) is 0. The number of carbonyl (C=O) groups is 2. The molecule has 1 amide bonds. The lowest BCUT2D eigenvalue weighted by atomic mass is 10.2. The molecular weight excluding hydrogens is 324 g/mol. The van der Waals surface area contributed by atoms with Crippen LogP contribution in [-0.4, -0.2) is 91.6 Å². The fraction of sp³-hybridized carbons (Fsp3) is 0.875. The molecule has 0 saturated heterocycles. The third-order valence-corrected chi connectivity index (χ3v) is 4.12. The number of nitrogens with one attached hydrogen (secondary N) is 2. The van der Waals surface area contributed by atoms with E-state index in [1.807, 2.05) is 39.8 Å². The van der Waals surface area contributed by atoms with Crippen LogP contribution in [0.15, 0.2) is 0 Å². The fourth-order valence-corrected chi connectivity index (χ4v) is 3.07. The van der Waals surface area contributed by atoms with Crippen molar-refractivity contribution in [1.29, 1.82) is 0 Å². The van der Waals surface area contributed by atoms with Crippen LogP contribution in [0.5, 0.6) is 0 Å². The molecule has 0 aromatic carbocycles. The Hall–Kier alpha value is -1.26. The van der Waals surface area contributed by atoms with Crippen LogP contribution in [0.25, 0.3) is 0 Å². The molecule has 0 aliphatic carbocycles. The lowest BCUT2D eigenvalue weighted by Crippen LogP contribution is -2.76. The van der Waals surface area contributed by atoms with E-state index in [2.05, 4.69) is 15.6 Å². The summed E-state index contributed by atoms with van der Waals surface area (Å²) in [5.41, 5.74) is 2.91. The molecule has 0 heterocycles. The van der Waals surface area contributed by atoms with Gasteiger partial charge in [-0.05, 0) is 40.7 Å². The van der Waals surface area contributed by atoms with Crippen LogP contribution in [0.4, 0.5) is 0 Å². The van der Waals surface area contributed by atoms with Gasteiger partial charge in [0.1, 0.15) is 0 Å². The summed E-state index contributed by atoms with van der Waals surface area (Å²) in [6.07, 6.45) is -0.644. The summed E-state index contributed by atoms with van der Waals surface area (Å²) in [7, 11) is 7.06. The number of amides is 1. The Morgan fingerprint density at radius 2 is 1.64 bits per heavy atom. The van der Waals surface area contributed by atoms with E-state index in [1.165, 1.54) is 17.1 Å². The quantitative estimate of drug-likeness (QED) is 0.300. The number of hydrazine groups is 2. The van der Waals surface area contributed by atoms with Gasteiger partial charge >= 0.3 is 5.97 Å². The molecule has 2 unspecified atom stereocenters. The summed E-state index contributed by atoms with van der Waals surface area (Å²) in [5, 5.41) is 6.26. The fourth-order valence-electron chi connectivity index (χ4n) is 3.07. The predicted octanol–water partition coefficient (Wildman–Crippen LogP) is -0.128. The molecule has 2 atom stereocenters.